The number of aliphatic hydroxyl groups excluding tert-OH is 1. The molecule has 3 aromatic carbocycles. The van der Waals surface area contributed by atoms with Crippen molar-refractivity contribution in [2.75, 3.05) is 19.7 Å². The Hall–Kier alpha value is -4.02. The summed E-state index contributed by atoms with van der Waals surface area (Å²) in [5, 5.41) is 9.98. The fourth-order valence-electron chi connectivity index (χ4n) is 4.93. The predicted octanol–water partition coefficient (Wildman–Crippen LogP) is 3.18. The molecule has 0 bridgehead atoms. The van der Waals surface area contributed by atoms with Gasteiger partial charge < -0.3 is 14.9 Å². The van der Waals surface area contributed by atoms with Crippen LogP contribution in [-0.4, -0.2) is 58.5 Å². The van der Waals surface area contributed by atoms with Crippen LogP contribution in [0.5, 0.6) is 0 Å². The van der Waals surface area contributed by atoms with E-state index in [1.165, 1.54) is 35.2 Å². The quantitative estimate of drug-likeness (QED) is 0.596. The van der Waals surface area contributed by atoms with Gasteiger partial charge in [-0.2, -0.15) is 0 Å². The van der Waals surface area contributed by atoms with Crippen LogP contribution in [0.4, 0.5) is 8.78 Å². The highest BCUT2D eigenvalue weighted by molar-refractivity contribution is 5.97. The average molecular weight is 472 g/mol. The van der Waals surface area contributed by atoms with Crippen molar-refractivity contribution < 1.29 is 23.5 Å². The van der Waals surface area contributed by atoms with Gasteiger partial charge in [0.1, 0.15) is 18.2 Å². The first-order chi connectivity index (χ1) is 17.0. The lowest BCUT2D eigenvalue weighted by atomic mass is 9.73. The fraction of sp³-hybridized carbons (Fsp3) is 0.214. The number of rotatable bonds is 3. The van der Waals surface area contributed by atoms with Crippen molar-refractivity contribution in [3.8, 4) is 11.8 Å². The number of carbonyl (C=O) groups is 2. The number of hydrogen-bond acceptors (Lipinski definition) is 3. The van der Waals surface area contributed by atoms with Gasteiger partial charge in [0, 0.05) is 23.6 Å². The Morgan fingerprint density at radius 1 is 0.943 bits per heavy atom. The molecule has 5 nitrogen and oxygen atoms in total. The second kappa shape index (κ2) is 9.32. The molecule has 2 fully saturated rings. The summed E-state index contributed by atoms with van der Waals surface area (Å²) in [7, 11) is 0. The second-order valence-corrected chi connectivity index (χ2v) is 8.69. The first kappa shape index (κ1) is 22.8. The van der Waals surface area contributed by atoms with Crippen molar-refractivity contribution in [2.45, 2.75) is 18.0 Å². The van der Waals surface area contributed by atoms with Gasteiger partial charge in [-0.05, 0) is 54.1 Å². The Kier molecular flexibility index (Phi) is 6.06. The summed E-state index contributed by atoms with van der Waals surface area (Å²) >= 11 is 0. The molecule has 7 heteroatoms. The van der Waals surface area contributed by atoms with Crippen LogP contribution in [0, 0.1) is 23.5 Å². The first-order valence-electron chi connectivity index (χ1n) is 11.3. The SMILES string of the molecule is O=C(c1ccccc1F)N1CC(=O)N2[C@H](CO)[C@@H](c3ccc(C#Cc4ccc(F)cc4)cc3)[C@@H]2C1. The average Bonchev–Trinajstić information content (AvgIpc) is 2.85. The number of fused-ring (bicyclic) bond motifs is 1. The highest BCUT2D eigenvalue weighted by Gasteiger charge is 2.54. The zero-order valence-electron chi connectivity index (χ0n) is 18.7. The largest absolute Gasteiger partial charge is 0.394 e. The maximum atomic E-state index is 14.2. The molecule has 3 aromatic rings. The monoisotopic (exact) mass is 472 g/mol. The lowest BCUT2D eigenvalue weighted by Gasteiger charge is -2.58. The summed E-state index contributed by atoms with van der Waals surface area (Å²) in [4.78, 5) is 28.7. The van der Waals surface area contributed by atoms with E-state index in [4.69, 9.17) is 0 Å². The fourth-order valence-corrected chi connectivity index (χ4v) is 4.93. The Morgan fingerprint density at radius 2 is 1.57 bits per heavy atom. The van der Waals surface area contributed by atoms with E-state index in [1.54, 1.807) is 23.1 Å². The predicted molar refractivity (Wildman–Crippen MR) is 125 cm³/mol. The maximum Gasteiger partial charge on any atom is 0.257 e. The molecular formula is C28H22F2N2O3. The molecule has 2 amide bonds. The van der Waals surface area contributed by atoms with Gasteiger partial charge in [0.25, 0.3) is 5.91 Å². The van der Waals surface area contributed by atoms with E-state index in [0.29, 0.717) is 5.56 Å². The highest BCUT2D eigenvalue weighted by Crippen LogP contribution is 2.43. The van der Waals surface area contributed by atoms with Gasteiger partial charge in [-0.1, -0.05) is 36.1 Å². The molecule has 176 valence electrons. The van der Waals surface area contributed by atoms with Crippen LogP contribution in [0.15, 0.2) is 72.8 Å². The molecule has 35 heavy (non-hydrogen) atoms. The van der Waals surface area contributed by atoms with Gasteiger partial charge in [-0.25, -0.2) is 8.78 Å². The molecule has 1 N–H and O–H groups in total. The molecule has 0 saturated carbocycles. The van der Waals surface area contributed by atoms with E-state index in [0.717, 1.165) is 11.1 Å². The summed E-state index contributed by atoms with van der Waals surface area (Å²) in [6.45, 7) is -0.0860. The third kappa shape index (κ3) is 4.29. The minimum atomic E-state index is -0.622. The number of amides is 2. The van der Waals surface area contributed by atoms with Gasteiger partial charge in [-0.15, -0.1) is 0 Å². The van der Waals surface area contributed by atoms with E-state index >= 15 is 0 Å². The molecule has 2 aliphatic rings. The summed E-state index contributed by atoms with van der Waals surface area (Å²) in [6, 6.07) is 18.5. The molecule has 2 aliphatic heterocycles. The number of nitrogens with zero attached hydrogens (tertiary/aromatic N) is 2. The van der Waals surface area contributed by atoms with Crippen molar-refractivity contribution >= 4 is 11.8 Å². The Balaban J connectivity index is 1.35. The van der Waals surface area contributed by atoms with Crippen LogP contribution in [0.3, 0.4) is 0 Å². The third-order valence-corrected chi connectivity index (χ3v) is 6.63. The van der Waals surface area contributed by atoms with E-state index in [9.17, 15) is 23.5 Å². The van der Waals surface area contributed by atoms with Crippen LogP contribution < -0.4 is 0 Å². The van der Waals surface area contributed by atoms with E-state index < -0.39 is 11.7 Å². The lowest BCUT2D eigenvalue weighted by molar-refractivity contribution is -0.159. The molecule has 3 atom stereocenters. The molecule has 0 aliphatic carbocycles. The second-order valence-electron chi connectivity index (χ2n) is 8.69. The van der Waals surface area contributed by atoms with Crippen LogP contribution >= 0.6 is 0 Å². The van der Waals surface area contributed by atoms with Crippen LogP contribution in [-0.2, 0) is 4.79 Å². The molecule has 0 unspecified atom stereocenters. The molecule has 2 saturated heterocycles. The maximum absolute atomic E-state index is 14.2. The molecule has 2 heterocycles. The standard InChI is InChI=1S/C28H22F2N2O3/c29-21-13-9-19(10-14-21)6-5-18-7-11-20(12-8-18)27-24-15-31(16-26(34)32(24)25(27)17-33)28(35)22-3-1-2-4-23(22)30/h1-4,7-14,24-25,27,33H,15-17H2/t24-,25+,27-/m0/s1. The number of aliphatic hydroxyl groups is 1. The van der Waals surface area contributed by atoms with Gasteiger partial charge in [0.15, 0.2) is 0 Å². The van der Waals surface area contributed by atoms with Gasteiger partial charge in [0.05, 0.1) is 24.3 Å². The van der Waals surface area contributed by atoms with E-state index in [-0.39, 0.29) is 55.0 Å². The number of benzene rings is 3. The van der Waals surface area contributed by atoms with Crippen molar-refractivity contribution in [1.82, 2.24) is 9.80 Å². The minimum Gasteiger partial charge on any atom is -0.394 e. The minimum absolute atomic E-state index is 0.0626. The van der Waals surface area contributed by atoms with E-state index in [1.807, 2.05) is 24.3 Å². The molecule has 5 rings (SSSR count). The summed E-state index contributed by atoms with van der Waals surface area (Å²) in [6.07, 6.45) is 0. The smallest absolute Gasteiger partial charge is 0.257 e. The zero-order chi connectivity index (χ0) is 24.5. The molecule has 0 spiro atoms. The molecule has 0 aromatic heterocycles. The first-order valence-corrected chi connectivity index (χ1v) is 11.3. The number of piperazine rings is 1. The van der Waals surface area contributed by atoms with Crippen LogP contribution in [0.1, 0.15) is 33.0 Å². The number of hydrogen-bond donors (Lipinski definition) is 1. The topological polar surface area (TPSA) is 60.9 Å². The van der Waals surface area contributed by atoms with Crippen molar-refractivity contribution in [2.24, 2.45) is 0 Å². The Morgan fingerprint density at radius 3 is 2.20 bits per heavy atom. The lowest BCUT2D eigenvalue weighted by Crippen LogP contribution is -2.73. The van der Waals surface area contributed by atoms with Gasteiger partial charge in [-0.3, -0.25) is 9.59 Å². The van der Waals surface area contributed by atoms with Crippen molar-refractivity contribution in [1.29, 1.82) is 0 Å². The summed E-state index contributed by atoms with van der Waals surface area (Å²) in [5.74, 6) is 4.14. The molecular weight excluding hydrogens is 450 g/mol. The summed E-state index contributed by atoms with van der Waals surface area (Å²) < 4.78 is 27.2. The third-order valence-electron chi connectivity index (χ3n) is 6.63. The van der Waals surface area contributed by atoms with Crippen molar-refractivity contribution in [3.63, 3.8) is 0 Å². The number of carbonyl (C=O) groups excluding carboxylic acids is 2. The molecule has 0 radical (unpaired) electrons. The number of halogens is 2. The van der Waals surface area contributed by atoms with E-state index in [2.05, 4.69) is 11.8 Å². The Bertz CT molecular complexity index is 1330. The summed E-state index contributed by atoms with van der Waals surface area (Å²) in [5.41, 5.74) is 2.33. The Labute approximate surface area is 201 Å². The van der Waals surface area contributed by atoms with Gasteiger partial charge >= 0.3 is 0 Å². The van der Waals surface area contributed by atoms with Crippen molar-refractivity contribution in [3.05, 3.63) is 107 Å². The normalized spacial score (nSPS) is 21.0. The van der Waals surface area contributed by atoms with Crippen LogP contribution in [0.25, 0.3) is 0 Å². The highest BCUT2D eigenvalue weighted by atomic mass is 19.1. The van der Waals surface area contributed by atoms with Crippen LogP contribution in [0.2, 0.25) is 0 Å². The van der Waals surface area contributed by atoms with Gasteiger partial charge in [0.2, 0.25) is 5.91 Å². The zero-order valence-corrected chi connectivity index (χ0v) is 18.7.